The maximum absolute atomic E-state index is 11.8. The fourth-order valence-corrected chi connectivity index (χ4v) is 2.31. The van der Waals surface area contributed by atoms with E-state index < -0.39 is 5.97 Å². The molecule has 1 amide bonds. The molecule has 0 unspecified atom stereocenters. The zero-order valence-corrected chi connectivity index (χ0v) is 11.9. The highest BCUT2D eigenvalue weighted by Crippen LogP contribution is 2.19. The van der Waals surface area contributed by atoms with Gasteiger partial charge in [-0.2, -0.15) is 0 Å². The maximum Gasteiger partial charge on any atom is 0.317 e. The van der Waals surface area contributed by atoms with Gasteiger partial charge in [0.15, 0.2) is 0 Å². The van der Waals surface area contributed by atoms with E-state index in [1.54, 1.807) is 11.0 Å². The first kappa shape index (κ1) is 16.4. The number of hydrogen-bond acceptors (Lipinski definition) is 3. The Balaban J connectivity index is 2.24. The van der Waals surface area contributed by atoms with Gasteiger partial charge in [-0.1, -0.05) is 17.7 Å². The van der Waals surface area contributed by atoms with Gasteiger partial charge in [0.2, 0.25) is 5.91 Å². The number of rotatable bonds is 9. The molecule has 0 bridgehead atoms. The minimum absolute atomic E-state index is 0.0946. The summed E-state index contributed by atoms with van der Waals surface area (Å²) >= 11 is 0. The van der Waals surface area contributed by atoms with Crippen LogP contribution in [0.25, 0.3) is 0 Å². The van der Waals surface area contributed by atoms with Crippen molar-refractivity contribution in [3.8, 4) is 0 Å². The molecule has 0 saturated heterocycles. The molecule has 1 aliphatic carbocycles. The summed E-state index contributed by atoms with van der Waals surface area (Å²) in [5, 5.41) is 11.6. The molecule has 112 valence electrons. The molecule has 2 N–H and O–H groups in total. The van der Waals surface area contributed by atoms with Crippen LogP contribution in [0.2, 0.25) is 0 Å². The average Bonchev–Trinajstić information content (AvgIpc) is 2.39. The van der Waals surface area contributed by atoms with Gasteiger partial charge < -0.3 is 10.4 Å². The van der Waals surface area contributed by atoms with Crippen LogP contribution in [0.4, 0.5) is 0 Å². The molecule has 0 aliphatic heterocycles. The first-order valence-corrected chi connectivity index (χ1v) is 7.11. The molecule has 1 aliphatic rings. The van der Waals surface area contributed by atoms with E-state index in [-0.39, 0.29) is 19.0 Å². The standard InChI is InChI=1S/C15H24N2O3/c1-2-10-17(12-15(19)20)11-14(18)16-9-8-13-6-4-3-5-7-13/h2,6H,1,3-5,7-12H2,(H,16,18)(H,19,20). The Morgan fingerprint density at radius 2 is 2.20 bits per heavy atom. The van der Waals surface area contributed by atoms with Crippen LogP contribution in [-0.4, -0.2) is 48.1 Å². The molecule has 0 atom stereocenters. The van der Waals surface area contributed by atoms with E-state index in [0.29, 0.717) is 13.1 Å². The van der Waals surface area contributed by atoms with Crippen LogP contribution in [-0.2, 0) is 9.59 Å². The number of nitrogens with one attached hydrogen (secondary N) is 1. The number of allylic oxidation sites excluding steroid dienone is 1. The van der Waals surface area contributed by atoms with Crippen LogP contribution in [0.3, 0.4) is 0 Å². The predicted molar refractivity (Wildman–Crippen MR) is 78.5 cm³/mol. The molecule has 0 spiro atoms. The number of aliphatic carboxylic acids is 1. The molecular weight excluding hydrogens is 256 g/mol. The van der Waals surface area contributed by atoms with Crippen molar-refractivity contribution in [2.45, 2.75) is 32.1 Å². The van der Waals surface area contributed by atoms with Gasteiger partial charge >= 0.3 is 5.97 Å². The Bertz CT molecular complexity index is 377. The second-order valence-electron chi connectivity index (χ2n) is 5.06. The van der Waals surface area contributed by atoms with Gasteiger partial charge in [-0.3, -0.25) is 14.5 Å². The first-order chi connectivity index (χ1) is 9.61. The Morgan fingerprint density at radius 1 is 1.40 bits per heavy atom. The maximum atomic E-state index is 11.8. The molecule has 0 saturated carbocycles. The molecule has 5 nitrogen and oxygen atoms in total. The molecule has 0 aromatic rings. The first-order valence-electron chi connectivity index (χ1n) is 7.11. The molecule has 0 heterocycles. The van der Waals surface area contributed by atoms with Crippen LogP contribution in [0.5, 0.6) is 0 Å². The highest BCUT2D eigenvalue weighted by Gasteiger charge is 2.12. The van der Waals surface area contributed by atoms with Crippen molar-refractivity contribution in [3.63, 3.8) is 0 Å². The number of carboxylic acid groups (broad SMARTS) is 1. The Morgan fingerprint density at radius 3 is 2.80 bits per heavy atom. The topological polar surface area (TPSA) is 69.6 Å². The SMILES string of the molecule is C=CCN(CC(=O)O)CC(=O)NCCC1=CCCCC1. The van der Waals surface area contributed by atoms with Crippen molar-refractivity contribution < 1.29 is 14.7 Å². The summed E-state index contributed by atoms with van der Waals surface area (Å²) in [7, 11) is 0. The molecule has 5 heteroatoms. The lowest BCUT2D eigenvalue weighted by Crippen LogP contribution is -2.40. The van der Waals surface area contributed by atoms with E-state index in [1.165, 1.54) is 18.4 Å². The van der Waals surface area contributed by atoms with Gasteiger partial charge in [-0.15, -0.1) is 6.58 Å². The molecule has 0 aromatic carbocycles. The van der Waals surface area contributed by atoms with Crippen LogP contribution < -0.4 is 5.32 Å². The summed E-state index contributed by atoms with van der Waals surface area (Å²) in [6.07, 6.45) is 9.55. The molecule has 0 aromatic heterocycles. The third kappa shape index (κ3) is 7.09. The van der Waals surface area contributed by atoms with Gasteiger partial charge in [0.25, 0.3) is 0 Å². The average molecular weight is 280 g/mol. The Kier molecular flexibility index (Phi) is 7.65. The zero-order chi connectivity index (χ0) is 14.8. The second-order valence-corrected chi connectivity index (χ2v) is 5.06. The fraction of sp³-hybridized carbons (Fsp3) is 0.600. The third-order valence-electron chi connectivity index (χ3n) is 3.27. The summed E-state index contributed by atoms with van der Waals surface area (Å²) in [5.41, 5.74) is 1.42. The summed E-state index contributed by atoms with van der Waals surface area (Å²) in [6, 6.07) is 0. The van der Waals surface area contributed by atoms with Crippen molar-refractivity contribution in [1.82, 2.24) is 10.2 Å². The van der Waals surface area contributed by atoms with Gasteiger partial charge in [-0.25, -0.2) is 0 Å². The smallest absolute Gasteiger partial charge is 0.317 e. The number of carboxylic acids is 1. The Labute approximate surface area is 120 Å². The minimum Gasteiger partial charge on any atom is -0.480 e. The number of nitrogens with zero attached hydrogens (tertiary/aromatic N) is 1. The van der Waals surface area contributed by atoms with Gasteiger partial charge in [0.05, 0.1) is 13.1 Å². The highest BCUT2D eigenvalue weighted by molar-refractivity contribution is 5.79. The lowest BCUT2D eigenvalue weighted by atomic mass is 9.97. The van der Waals surface area contributed by atoms with Crippen molar-refractivity contribution in [2.75, 3.05) is 26.2 Å². The lowest BCUT2D eigenvalue weighted by Gasteiger charge is -2.18. The monoisotopic (exact) mass is 280 g/mol. The van der Waals surface area contributed by atoms with Crippen LogP contribution in [0.1, 0.15) is 32.1 Å². The quantitative estimate of drug-likeness (QED) is 0.629. The van der Waals surface area contributed by atoms with Crippen molar-refractivity contribution in [3.05, 3.63) is 24.3 Å². The molecule has 1 rings (SSSR count). The molecule has 0 radical (unpaired) electrons. The van der Waals surface area contributed by atoms with Gasteiger partial charge in [0, 0.05) is 13.1 Å². The summed E-state index contributed by atoms with van der Waals surface area (Å²) in [5.74, 6) is -1.07. The van der Waals surface area contributed by atoms with E-state index in [0.717, 1.165) is 19.3 Å². The van der Waals surface area contributed by atoms with Crippen LogP contribution >= 0.6 is 0 Å². The van der Waals surface area contributed by atoms with Crippen molar-refractivity contribution >= 4 is 11.9 Å². The van der Waals surface area contributed by atoms with Crippen molar-refractivity contribution in [2.24, 2.45) is 0 Å². The summed E-state index contributed by atoms with van der Waals surface area (Å²) < 4.78 is 0. The van der Waals surface area contributed by atoms with Gasteiger partial charge in [-0.05, 0) is 32.1 Å². The Hall–Kier alpha value is -1.62. The summed E-state index contributed by atoms with van der Waals surface area (Å²) in [6.45, 7) is 4.53. The number of carbonyl (C=O) groups is 2. The van der Waals surface area contributed by atoms with E-state index in [4.69, 9.17) is 5.11 Å². The largest absolute Gasteiger partial charge is 0.480 e. The predicted octanol–water partition coefficient (Wildman–Crippen LogP) is 1.57. The molecule has 20 heavy (non-hydrogen) atoms. The zero-order valence-electron chi connectivity index (χ0n) is 11.9. The highest BCUT2D eigenvalue weighted by atomic mass is 16.4. The minimum atomic E-state index is -0.938. The van der Waals surface area contributed by atoms with Crippen LogP contribution in [0.15, 0.2) is 24.3 Å². The molecular formula is C15H24N2O3. The second kappa shape index (κ2) is 9.31. The lowest BCUT2D eigenvalue weighted by molar-refractivity contribution is -0.138. The van der Waals surface area contributed by atoms with Crippen molar-refractivity contribution in [1.29, 1.82) is 0 Å². The van der Waals surface area contributed by atoms with Gasteiger partial charge in [0.1, 0.15) is 0 Å². The molecule has 0 fully saturated rings. The number of amides is 1. The third-order valence-corrected chi connectivity index (χ3v) is 3.27. The normalized spacial score (nSPS) is 14.8. The van der Waals surface area contributed by atoms with E-state index in [2.05, 4.69) is 18.0 Å². The van der Waals surface area contributed by atoms with E-state index in [1.807, 2.05) is 0 Å². The number of hydrogen-bond donors (Lipinski definition) is 2. The number of carbonyl (C=O) groups excluding carboxylic acids is 1. The van der Waals surface area contributed by atoms with Crippen LogP contribution in [0, 0.1) is 0 Å². The van der Waals surface area contributed by atoms with E-state index in [9.17, 15) is 9.59 Å². The van der Waals surface area contributed by atoms with E-state index >= 15 is 0 Å². The summed E-state index contributed by atoms with van der Waals surface area (Å²) in [4.78, 5) is 24.0. The fourth-order valence-electron chi connectivity index (χ4n) is 2.31.